The summed E-state index contributed by atoms with van der Waals surface area (Å²) in [6, 6.07) is 15.2. The molecule has 1 aliphatic rings. The van der Waals surface area contributed by atoms with Gasteiger partial charge in [0.05, 0.1) is 0 Å². The molecule has 5 heteroatoms. The molecule has 0 saturated carbocycles. The van der Waals surface area contributed by atoms with Crippen LogP contribution in [0.3, 0.4) is 0 Å². The van der Waals surface area contributed by atoms with Crippen molar-refractivity contribution in [1.82, 2.24) is 4.90 Å². The number of Topliss-reactive ketones (excluding diaryl/α,β-unsaturated/α-hetero) is 1. The number of nitrogens with zero attached hydrogens (tertiary/aromatic N) is 1. The van der Waals surface area contributed by atoms with Crippen molar-refractivity contribution in [2.75, 3.05) is 18.8 Å². The molecule has 0 unspecified atom stereocenters. The summed E-state index contributed by atoms with van der Waals surface area (Å²) in [6.07, 6.45) is 1.81. The van der Waals surface area contributed by atoms with Gasteiger partial charge in [0, 0.05) is 28.7 Å². The number of hydrogen-bond acceptors (Lipinski definition) is 3. The fourth-order valence-corrected chi connectivity index (χ4v) is 3.28. The smallest absolute Gasteiger partial charge is 0.166 e. The van der Waals surface area contributed by atoms with E-state index in [4.69, 9.17) is 17.3 Å². The normalized spacial score (nSPS) is 15.7. The summed E-state index contributed by atoms with van der Waals surface area (Å²) in [7, 11) is 0. The summed E-state index contributed by atoms with van der Waals surface area (Å²) >= 11 is 5.88. The molecule has 2 N–H and O–H groups in total. The monoisotopic (exact) mass is 364 g/mol. The summed E-state index contributed by atoms with van der Waals surface area (Å²) in [4.78, 5) is 14.9. The maximum absolute atomic E-state index is 12.5. The van der Waals surface area contributed by atoms with Gasteiger partial charge in [-0.15, -0.1) is 12.4 Å². The second kappa shape index (κ2) is 8.52. The second-order valence-electron chi connectivity index (χ2n) is 6.17. The number of benzene rings is 2. The van der Waals surface area contributed by atoms with Gasteiger partial charge in [-0.1, -0.05) is 23.7 Å². The number of hydrogen-bond donors (Lipinski definition) is 1. The minimum atomic E-state index is 0. The van der Waals surface area contributed by atoms with Crippen LogP contribution in [-0.2, 0) is 6.54 Å². The number of likely N-dealkylation sites (tertiary alicyclic amines) is 1. The predicted molar refractivity (Wildman–Crippen MR) is 102 cm³/mol. The standard InChI is InChI=1S/C19H21ClN2O.ClH/c20-17-6-4-15(5-7-17)19(23)16-8-10-22(11-9-16)13-14-2-1-3-18(21)12-14;/h1-7,12,16H,8-11,13,21H2;1H. The van der Waals surface area contributed by atoms with E-state index in [1.54, 1.807) is 12.1 Å². The van der Waals surface area contributed by atoms with E-state index in [0.717, 1.165) is 43.7 Å². The minimum absolute atomic E-state index is 0. The zero-order chi connectivity index (χ0) is 16.2. The van der Waals surface area contributed by atoms with Crippen molar-refractivity contribution < 1.29 is 4.79 Å². The number of nitrogens with two attached hydrogens (primary N) is 1. The molecular weight excluding hydrogens is 343 g/mol. The maximum atomic E-state index is 12.5. The van der Waals surface area contributed by atoms with Gasteiger partial charge in [-0.2, -0.15) is 0 Å². The molecule has 2 aromatic carbocycles. The summed E-state index contributed by atoms with van der Waals surface area (Å²) in [6.45, 7) is 2.78. The summed E-state index contributed by atoms with van der Waals surface area (Å²) in [5.41, 5.74) is 8.63. The van der Waals surface area contributed by atoms with Crippen LogP contribution in [0, 0.1) is 5.92 Å². The fraction of sp³-hybridized carbons (Fsp3) is 0.316. The third kappa shape index (κ3) is 4.73. The Balaban J connectivity index is 0.00000208. The predicted octanol–water partition coefficient (Wildman–Crippen LogP) is 4.44. The van der Waals surface area contributed by atoms with E-state index in [2.05, 4.69) is 11.0 Å². The third-order valence-electron chi connectivity index (χ3n) is 4.44. The first kappa shape index (κ1) is 18.8. The van der Waals surface area contributed by atoms with Gasteiger partial charge < -0.3 is 5.73 Å². The second-order valence-corrected chi connectivity index (χ2v) is 6.60. The first-order valence-electron chi connectivity index (χ1n) is 7.98. The zero-order valence-electron chi connectivity index (χ0n) is 13.5. The lowest BCUT2D eigenvalue weighted by molar-refractivity contribution is 0.0835. The first-order chi connectivity index (χ1) is 11.1. The molecule has 0 aromatic heterocycles. The quantitative estimate of drug-likeness (QED) is 0.644. The summed E-state index contributed by atoms with van der Waals surface area (Å²) < 4.78 is 0. The number of anilines is 1. The molecule has 3 rings (SSSR count). The molecular formula is C19H22Cl2N2O. The molecule has 0 bridgehead atoms. The van der Waals surface area contributed by atoms with Gasteiger partial charge >= 0.3 is 0 Å². The molecule has 1 heterocycles. The van der Waals surface area contributed by atoms with Gasteiger partial charge in [-0.05, 0) is 67.9 Å². The highest BCUT2D eigenvalue weighted by atomic mass is 35.5. The number of nitrogen functional groups attached to an aromatic ring is 1. The Morgan fingerprint density at radius 2 is 1.79 bits per heavy atom. The molecule has 0 amide bonds. The van der Waals surface area contributed by atoms with Gasteiger partial charge in [-0.3, -0.25) is 9.69 Å². The van der Waals surface area contributed by atoms with E-state index in [0.29, 0.717) is 5.02 Å². The van der Waals surface area contributed by atoms with Crippen molar-refractivity contribution in [2.45, 2.75) is 19.4 Å². The zero-order valence-corrected chi connectivity index (χ0v) is 15.0. The Kier molecular flexibility index (Phi) is 6.67. The molecule has 1 aliphatic heterocycles. The molecule has 128 valence electrons. The van der Waals surface area contributed by atoms with Crippen LogP contribution in [0.1, 0.15) is 28.8 Å². The Hall–Kier alpha value is -1.55. The van der Waals surface area contributed by atoms with E-state index in [1.807, 2.05) is 30.3 Å². The van der Waals surface area contributed by atoms with Crippen molar-refractivity contribution >= 4 is 35.5 Å². The molecule has 0 aliphatic carbocycles. The van der Waals surface area contributed by atoms with Crippen LogP contribution in [-0.4, -0.2) is 23.8 Å². The van der Waals surface area contributed by atoms with Crippen molar-refractivity contribution in [3.8, 4) is 0 Å². The molecule has 3 nitrogen and oxygen atoms in total. The van der Waals surface area contributed by atoms with Crippen molar-refractivity contribution in [1.29, 1.82) is 0 Å². The van der Waals surface area contributed by atoms with Gasteiger partial charge in [-0.25, -0.2) is 0 Å². The Labute approximate surface area is 154 Å². The molecule has 0 spiro atoms. The largest absolute Gasteiger partial charge is 0.399 e. The van der Waals surface area contributed by atoms with E-state index in [9.17, 15) is 4.79 Å². The van der Waals surface area contributed by atoms with Gasteiger partial charge in [0.25, 0.3) is 0 Å². The van der Waals surface area contributed by atoms with E-state index >= 15 is 0 Å². The SMILES string of the molecule is Cl.Nc1cccc(CN2CCC(C(=O)c3ccc(Cl)cc3)CC2)c1. The highest BCUT2D eigenvalue weighted by Crippen LogP contribution is 2.24. The molecule has 2 aromatic rings. The van der Waals surface area contributed by atoms with Gasteiger partial charge in [0.2, 0.25) is 0 Å². The Morgan fingerprint density at radius 1 is 1.12 bits per heavy atom. The van der Waals surface area contributed by atoms with E-state index < -0.39 is 0 Å². The van der Waals surface area contributed by atoms with Crippen LogP contribution in [0.2, 0.25) is 5.02 Å². The average Bonchev–Trinajstić information content (AvgIpc) is 2.56. The lowest BCUT2D eigenvalue weighted by atomic mass is 9.89. The topological polar surface area (TPSA) is 46.3 Å². The summed E-state index contributed by atoms with van der Waals surface area (Å²) in [5.74, 6) is 0.360. The van der Waals surface area contributed by atoms with Gasteiger partial charge in [0.1, 0.15) is 0 Å². The number of ketones is 1. The Bertz CT molecular complexity index is 680. The van der Waals surface area contributed by atoms with E-state index in [-0.39, 0.29) is 24.1 Å². The van der Waals surface area contributed by atoms with Crippen LogP contribution >= 0.6 is 24.0 Å². The van der Waals surface area contributed by atoms with Crippen LogP contribution in [0.25, 0.3) is 0 Å². The Morgan fingerprint density at radius 3 is 2.42 bits per heavy atom. The molecule has 0 radical (unpaired) electrons. The highest BCUT2D eigenvalue weighted by Gasteiger charge is 2.25. The van der Waals surface area contributed by atoms with Crippen LogP contribution in [0.4, 0.5) is 5.69 Å². The van der Waals surface area contributed by atoms with Crippen molar-refractivity contribution in [3.63, 3.8) is 0 Å². The molecule has 1 saturated heterocycles. The highest BCUT2D eigenvalue weighted by molar-refractivity contribution is 6.30. The van der Waals surface area contributed by atoms with Crippen LogP contribution in [0.15, 0.2) is 48.5 Å². The maximum Gasteiger partial charge on any atom is 0.166 e. The lowest BCUT2D eigenvalue weighted by Crippen LogP contribution is -2.35. The number of halogens is 2. The fourth-order valence-electron chi connectivity index (χ4n) is 3.15. The van der Waals surface area contributed by atoms with Crippen LogP contribution < -0.4 is 5.73 Å². The number of rotatable bonds is 4. The third-order valence-corrected chi connectivity index (χ3v) is 4.70. The molecule has 0 atom stereocenters. The molecule has 24 heavy (non-hydrogen) atoms. The van der Waals surface area contributed by atoms with Crippen molar-refractivity contribution in [3.05, 3.63) is 64.7 Å². The van der Waals surface area contributed by atoms with Crippen LogP contribution in [0.5, 0.6) is 0 Å². The summed E-state index contributed by atoms with van der Waals surface area (Å²) in [5, 5.41) is 0.665. The minimum Gasteiger partial charge on any atom is -0.399 e. The average molecular weight is 365 g/mol. The number of carbonyl (C=O) groups excluding carboxylic acids is 1. The lowest BCUT2D eigenvalue weighted by Gasteiger charge is -2.31. The van der Waals surface area contributed by atoms with Crippen molar-refractivity contribution in [2.24, 2.45) is 5.92 Å². The molecule has 1 fully saturated rings. The van der Waals surface area contributed by atoms with Gasteiger partial charge in [0.15, 0.2) is 5.78 Å². The van der Waals surface area contributed by atoms with E-state index in [1.165, 1.54) is 5.56 Å². The first-order valence-corrected chi connectivity index (χ1v) is 8.36. The number of piperidine rings is 1. The number of carbonyl (C=O) groups is 1.